The third-order valence-corrected chi connectivity index (χ3v) is 3.13. The lowest BCUT2D eigenvalue weighted by atomic mass is 10.1. The summed E-state index contributed by atoms with van der Waals surface area (Å²) in [7, 11) is 0. The lowest BCUT2D eigenvalue weighted by Gasteiger charge is -2.29. The molecule has 0 aliphatic carbocycles. The van der Waals surface area contributed by atoms with Gasteiger partial charge in [-0.05, 0) is 32.4 Å². The Morgan fingerprint density at radius 3 is 2.82 bits per heavy atom. The number of para-hydroxylation sites is 1. The number of esters is 1. The monoisotopic (exact) mass is 233 g/mol. The van der Waals surface area contributed by atoms with Crippen LogP contribution in [0.25, 0.3) is 0 Å². The van der Waals surface area contributed by atoms with Crippen molar-refractivity contribution >= 4 is 11.7 Å². The summed E-state index contributed by atoms with van der Waals surface area (Å²) in [6.45, 7) is 6.50. The van der Waals surface area contributed by atoms with Crippen LogP contribution in [0.2, 0.25) is 0 Å². The smallest absolute Gasteiger partial charge is 0.329 e. The van der Waals surface area contributed by atoms with Crippen LogP contribution in [0.15, 0.2) is 24.3 Å². The van der Waals surface area contributed by atoms with E-state index >= 15 is 0 Å². The van der Waals surface area contributed by atoms with Crippen molar-refractivity contribution in [3.8, 4) is 0 Å². The van der Waals surface area contributed by atoms with Gasteiger partial charge < -0.3 is 9.64 Å². The van der Waals surface area contributed by atoms with Crippen LogP contribution < -0.4 is 4.90 Å². The highest BCUT2D eigenvalue weighted by Gasteiger charge is 2.36. The highest BCUT2D eigenvalue weighted by Crippen LogP contribution is 2.34. The van der Waals surface area contributed by atoms with Crippen molar-refractivity contribution in [1.82, 2.24) is 0 Å². The Kier molecular flexibility index (Phi) is 3.36. The highest BCUT2D eigenvalue weighted by atomic mass is 16.5. The van der Waals surface area contributed by atoms with Gasteiger partial charge in [-0.2, -0.15) is 0 Å². The minimum atomic E-state index is -0.160. The highest BCUT2D eigenvalue weighted by molar-refractivity contribution is 5.84. The fraction of sp³-hybridized carbons (Fsp3) is 0.500. The molecule has 1 aromatic carbocycles. The number of benzene rings is 1. The Morgan fingerprint density at radius 2 is 2.18 bits per heavy atom. The Morgan fingerprint density at radius 1 is 1.47 bits per heavy atom. The number of fused-ring (bicyclic) bond motifs is 1. The number of hydrogen-bond acceptors (Lipinski definition) is 3. The van der Waals surface area contributed by atoms with E-state index in [1.807, 2.05) is 19.1 Å². The predicted molar refractivity (Wildman–Crippen MR) is 68.2 cm³/mol. The van der Waals surface area contributed by atoms with Gasteiger partial charge in [0.1, 0.15) is 6.04 Å². The van der Waals surface area contributed by atoms with Gasteiger partial charge in [0.05, 0.1) is 6.61 Å². The van der Waals surface area contributed by atoms with E-state index in [0.717, 1.165) is 6.42 Å². The Bertz CT molecular complexity index is 414. The molecule has 3 heteroatoms. The summed E-state index contributed by atoms with van der Waals surface area (Å²) in [6, 6.07) is 8.34. The van der Waals surface area contributed by atoms with Crippen molar-refractivity contribution in [3.05, 3.63) is 29.8 Å². The zero-order valence-electron chi connectivity index (χ0n) is 10.6. The molecule has 1 heterocycles. The maximum absolute atomic E-state index is 12.0. The molecule has 0 saturated carbocycles. The lowest BCUT2D eigenvalue weighted by Crippen LogP contribution is -2.43. The summed E-state index contributed by atoms with van der Waals surface area (Å²) in [5.74, 6) is -0.114. The van der Waals surface area contributed by atoms with Gasteiger partial charge in [-0.3, -0.25) is 0 Å². The molecular formula is C14H19NO2. The van der Waals surface area contributed by atoms with E-state index in [0.29, 0.717) is 12.6 Å². The normalized spacial score (nSPS) is 18.4. The van der Waals surface area contributed by atoms with Gasteiger partial charge >= 0.3 is 5.97 Å². The molecule has 0 spiro atoms. The maximum Gasteiger partial charge on any atom is 0.329 e. The average Bonchev–Trinajstić information content (AvgIpc) is 2.68. The molecule has 0 amide bonds. The van der Waals surface area contributed by atoms with E-state index < -0.39 is 0 Å². The van der Waals surface area contributed by atoms with Crippen molar-refractivity contribution < 1.29 is 9.53 Å². The molecular weight excluding hydrogens is 214 g/mol. The van der Waals surface area contributed by atoms with Gasteiger partial charge in [0.2, 0.25) is 0 Å². The molecule has 1 aromatic rings. The minimum absolute atomic E-state index is 0.114. The standard InChI is InChI=1S/C14H19NO2/c1-4-17-14(16)13-9-11-7-5-6-8-12(11)15(13)10(2)3/h5-8,10,13H,4,9H2,1-3H3. The number of ether oxygens (including phenoxy) is 1. The Hall–Kier alpha value is -1.51. The van der Waals surface area contributed by atoms with E-state index in [1.165, 1.54) is 11.3 Å². The molecule has 0 fully saturated rings. The molecule has 0 aromatic heterocycles. The number of carbonyl (C=O) groups is 1. The number of hydrogen-bond donors (Lipinski definition) is 0. The van der Waals surface area contributed by atoms with Gasteiger partial charge in [0.15, 0.2) is 0 Å². The first kappa shape index (κ1) is 12.0. The zero-order chi connectivity index (χ0) is 12.4. The van der Waals surface area contributed by atoms with Crippen LogP contribution >= 0.6 is 0 Å². The maximum atomic E-state index is 12.0. The molecule has 0 saturated heterocycles. The summed E-state index contributed by atoms with van der Waals surface area (Å²) in [6.07, 6.45) is 0.757. The van der Waals surface area contributed by atoms with Crippen LogP contribution in [-0.4, -0.2) is 24.7 Å². The third kappa shape index (κ3) is 2.14. The zero-order valence-corrected chi connectivity index (χ0v) is 10.6. The van der Waals surface area contributed by atoms with Gasteiger partial charge in [-0.1, -0.05) is 18.2 Å². The average molecular weight is 233 g/mol. The van der Waals surface area contributed by atoms with Crippen molar-refractivity contribution in [2.45, 2.75) is 39.3 Å². The summed E-state index contributed by atoms with van der Waals surface area (Å²) in [4.78, 5) is 14.1. The summed E-state index contributed by atoms with van der Waals surface area (Å²) in [5.41, 5.74) is 2.40. The largest absolute Gasteiger partial charge is 0.464 e. The van der Waals surface area contributed by atoms with Gasteiger partial charge in [0, 0.05) is 18.2 Å². The summed E-state index contributed by atoms with van der Waals surface area (Å²) < 4.78 is 5.16. The molecule has 2 rings (SSSR count). The first-order valence-electron chi connectivity index (χ1n) is 6.18. The molecule has 1 aliphatic rings. The van der Waals surface area contributed by atoms with E-state index in [1.54, 1.807) is 0 Å². The molecule has 1 unspecified atom stereocenters. The quantitative estimate of drug-likeness (QED) is 0.751. The SMILES string of the molecule is CCOC(=O)C1Cc2ccccc2N1C(C)C. The van der Waals surface area contributed by atoms with Crippen LogP contribution in [0.1, 0.15) is 26.3 Å². The topological polar surface area (TPSA) is 29.5 Å². The van der Waals surface area contributed by atoms with E-state index in [2.05, 4.69) is 30.9 Å². The van der Waals surface area contributed by atoms with Crippen LogP contribution in [0, 0.1) is 0 Å². The Balaban J connectivity index is 2.30. The second-order valence-electron chi connectivity index (χ2n) is 4.60. The van der Waals surface area contributed by atoms with E-state index in [4.69, 9.17) is 4.74 Å². The van der Waals surface area contributed by atoms with Crippen LogP contribution in [0.4, 0.5) is 5.69 Å². The number of anilines is 1. The fourth-order valence-corrected chi connectivity index (χ4v) is 2.48. The molecule has 0 N–H and O–H groups in total. The van der Waals surface area contributed by atoms with Gasteiger partial charge in [-0.25, -0.2) is 4.79 Å². The second kappa shape index (κ2) is 4.78. The fourth-order valence-electron chi connectivity index (χ4n) is 2.48. The van der Waals surface area contributed by atoms with Crippen LogP contribution in [-0.2, 0) is 16.0 Å². The van der Waals surface area contributed by atoms with Crippen molar-refractivity contribution in [1.29, 1.82) is 0 Å². The third-order valence-electron chi connectivity index (χ3n) is 3.13. The van der Waals surface area contributed by atoms with Crippen molar-refractivity contribution in [3.63, 3.8) is 0 Å². The van der Waals surface area contributed by atoms with Crippen molar-refractivity contribution in [2.24, 2.45) is 0 Å². The molecule has 0 bridgehead atoms. The minimum Gasteiger partial charge on any atom is -0.464 e. The molecule has 17 heavy (non-hydrogen) atoms. The van der Waals surface area contributed by atoms with Crippen LogP contribution in [0.5, 0.6) is 0 Å². The van der Waals surface area contributed by atoms with Crippen molar-refractivity contribution in [2.75, 3.05) is 11.5 Å². The Labute approximate surface area is 102 Å². The molecule has 0 radical (unpaired) electrons. The molecule has 3 nitrogen and oxygen atoms in total. The van der Waals surface area contributed by atoms with Gasteiger partial charge in [-0.15, -0.1) is 0 Å². The number of nitrogens with zero attached hydrogens (tertiary/aromatic N) is 1. The second-order valence-corrected chi connectivity index (χ2v) is 4.60. The summed E-state index contributed by atoms with van der Waals surface area (Å²) in [5, 5.41) is 0. The molecule has 1 atom stereocenters. The van der Waals surface area contributed by atoms with Gasteiger partial charge in [0.25, 0.3) is 0 Å². The van der Waals surface area contributed by atoms with E-state index in [9.17, 15) is 4.79 Å². The lowest BCUT2D eigenvalue weighted by molar-refractivity contribution is -0.144. The molecule has 92 valence electrons. The first-order valence-corrected chi connectivity index (χ1v) is 6.18. The first-order chi connectivity index (χ1) is 8.15. The molecule has 1 aliphatic heterocycles. The van der Waals surface area contributed by atoms with Crippen LogP contribution in [0.3, 0.4) is 0 Å². The number of carbonyl (C=O) groups excluding carboxylic acids is 1. The predicted octanol–water partition coefficient (Wildman–Crippen LogP) is 2.39. The van der Waals surface area contributed by atoms with E-state index in [-0.39, 0.29) is 12.0 Å². The summed E-state index contributed by atoms with van der Waals surface area (Å²) >= 11 is 0. The number of rotatable bonds is 3.